The summed E-state index contributed by atoms with van der Waals surface area (Å²) in [6, 6.07) is 0. The van der Waals surface area contributed by atoms with Gasteiger partial charge in [0.1, 0.15) is 18.3 Å². The molecule has 2 N–H and O–H groups in total. The molecule has 2 saturated carbocycles. The predicted octanol–water partition coefficient (Wildman–Crippen LogP) is 1.29. The maximum Gasteiger partial charge on any atom is 0.303 e. The zero-order valence-corrected chi connectivity index (χ0v) is 26.0. The summed E-state index contributed by atoms with van der Waals surface area (Å²) in [7, 11) is 0. The quantitative estimate of drug-likeness (QED) is 0.250. The number of esters is 5. The summed E-state index contributed by atoms with van der Waals surface area (Å²) in [5, 5.41) is 23.4. The molecule has 1 heterocycles. The first-order chi connectivity index (χ1) is 19.7. The van der Waals surface area contributed by atoms with Crippen molar-refractivity contribution in [2.45, 2.75) is 123 Å². The maximum atomic E-state index is 13.0. The van der Waals surface area contributed by atoms with Gasteiger partial charge >= 0.3 is 29.8 Å². The van der Waals surface area contributed by atoms with Crippen LogP contribution in [0.3, 0.4) is 0 Å². The molecule has 0 aromatic carbocycles. The smallest absolute Gasteiger partial charge is 0.303 e. The van der Waals surface area contributed by atoms with E-state index in [-0.39, 0.29) is 25.0 Å². The number of carbonyl (C=O) groups excluding carboxylic acids is 5. The highest BCUT2D eigenvalue weighted by molar-refractivity contribution is 5.70. The molecule has 240 valence electrons. The lowest BCUT2D eigenvalue weighted by atomic mass is 9.49. The van der Waals surface area contributed by atoms with E-state index >= 15 is 0 Å². The molecular formula is C30H42O13. The van der Waals surface area contributed by atoms with Gasteiger partial charge in [0.15, 0.2) is 17.8 Å². The van der Waals surface area contributed by atoms with Crippen molar-refractivity contribution < 1.29 is 62.6 Å². The second-order valence-electron chi connectivity index (χ2n) is 13.0. The standard InChI is InChI=1S/C30H42O13/c1-13-19(36)11-29(27(7,8)37)22(13)23(40-15(3)32)25(41-16(4)33)28(9)20(39-14(2)31)10-21-30(12-38-21,43-18(6)35)24(28)26(29)42-17(5)34/h19-21,23-26,36-37H,10-12H2,1-9H3/t19?,20-,21+,23+,24?,25?,26?,28+,29-,30-/m0/s1. The van der Waals surface area contributed by atoms with Gasteiger partial charge in [0.2, 0.25) is 0 Å². The van der Waals surface area contributed by atoms with Crippen molar-refractivity contribution in [3.8, 4) is 0 Å². The Kier molecular flexibility index (Phi) is 8.29. The summed E-state index contributed by atoms with van der Waals surface area (Å²) < 4.78 is 35.9. The molecule has 0 amide bonds. The lowest BCUT2D eigenvalue weighted by Gasteiger charge is -2.65. The molecule has 13 heteroatoms. The third kappa shape index (κ3) is 4.93. The Morgan fingerprint density at radius 3 is 1.84 bits per heavy atom. The van der Waals surface area contributed by atoms with E-state index in [2.05, 4.69) is 0 Å². The summed E-state index contributed by atoms with van der Waals surface area (Å²) in [6.07, 6.45) is -7.62. The van der Waals surface area contributed by atoms with E-state index in [1.54, 1.807) is 13.8 Å². The Labute approximate surface area is 250 Å². The van der Waals surface area contributed by atoms with E-state index in [1.807, 2.05) is 0 Å². The van der Waals surface area contributed by atoms with Gasteiger partial charge in [0.25, 0.3) is 0 Å². The molecule has 0 radical (unpaired) electrons. The van der Waals surface area contributed by atoms with E-state index in [1.165, 1.54) is 34.6 Å². The van der Waals surface area contributed by atoms with E-state index in [0.717, 1.165) is 13.8 Å². The molecule has 3 aliphatic carbocycles. The molecule has 3 fully saturated rings. The zero-order chi connectivity index (χ0) is 32.4. The van der Waals surface area contributed by atoms with Gasteiger partial charge in [0, 0.05) is 41.0 Å². The molecule has 1 saturated heterocycles. The molecule has 13 nitrogen and oxygen atoms in total. The number of rotatable bonds is 6. The van der Waals surface area contributed by atoms with Crippen LogP contribution in [0.25, 0.3) is 0 Å². The molecule has 4 rings (SSSR count). The molecule has 1 aliphatic heterocycles. The number of aliphatic hydroxyl groups excluding tert-OH is 1. The van der Waals surface area contributed by atoms with Crippen LogP contribution in [-0.2, 0) is 52.4 Å². The average Bonchev–Trinajstić information content (AvgIpc) is 3.07. The van der Waals surface area contributed by atoms with Crippen LogP contribution >= 0.6 is 0 Å². The summed E-state index contributed by atoms with van der Waals surface area (Å²) in [4.78, 5) is 63.7. The maximum absolute atomic E-state index is 13.0. The third-order valence-electron chi connectivity index (χ3n) is 9.87. The number of fused-ring (bicyclic) bond motifs is 4. The molecule has 0 bridgehead atoms. The normalized spacial score (nSPS) is 40.0. The Morgan fingerprint density at radius 1 is 0.860 bits per heavy atom. The van der Waals surface area contributed by atoms with E-state index in [4.69, 9.17) is 28.4 Å². The minimum Gasteiger partial charge on any atom is -0.462 e. The summed E-state index contributed by atoms with van der Waals surface area (Å²) in [5.74, 6) is -4.83. The topological polar surface area (TPSA) is 181 Å². The Morgan fingerprint density at radius 2 is 1.40 bits per heavy atom. The number of carbonyl (C=O) groups is 5. The van der Waals surface area contributed by atoms with Crippen molar-refractivity contribution in [2.24, 2.45) is 16.7 Å². The largest absolute Gasteiger partial charge is 0.462 e. The van der Waals surface area contributed by atoms with Crippen LogP contribution in [0.15, 0.2) is 11.1 Å². The summed E-state index contributed by atoms with van der Waals surface area (Å²) in [5.41, 5.74) is -6.07. The van der Waals surface area contributed by atoms with Gasteiger partial charge in [-0.2, -0.15) is 0 Å². The molecule has 43 heavy (non-hydrogen) atoms. The van der Waals surface area contributed by atoms with Crippen LogP contribution in [-0.4, -0.2) is 94.5 Å². The first kappa shape index (κ1) is 32.9. The van der Waals surface area contributed by atoms with E-state index in [0.29, 0.717) is 5.57 Å². The van der Waals surface area contributed by atoms with Crippen LogP contribution in [0.4, 0.5) is 0 Å². The Bertz CT molecular complexity index is 1250. The monoisotopic (exact) mass is 610 g/mol. The van der Waals surface area contributed by atoms with Crippen molar-refractivity contribution in [2.75, 3.05) is 6.61 Å². The van der Waals surface area contributed by atoms with Crippen LogP contribution in [0.2, 0.25) is 0 Å². The summed E-state index contributed by atoms with van der Waals surface area (Å²) >= 11 is 0. The molecular weight excluding hydrogens is 568 g/mol. The number of aliphatic hydroxyl groups is 2. The third-order valence-corrected chi connectivity index (χ3v) is 9.87. The number of ether oxygens (including phenoxy) is 6. The minimum absolute atomic E-state index is 0.00657. The van der Waals surface area contributed by atoms with Crippen LogP contribution in [0, 0.1) is 16.7 Å². The average molecular weight is 611 g/mol. The summed E-state index contributed by atoms with van der Waals surface area (Å²) in [6.45, 7) is 11.9. The van der Waals surface area contributed by atoms with Crippen LogP contribution < -0.4 is 0 Å². The van der Waals surface area contributed by atoms with Gasteiger partial charge in [-0.15, -0.1) is 0 Å². The fraction of sp³-hybridized carbons (Fsp3) is 0.767. The van der Waals surface area contributed by atoms with Crippen molar-refractivity contribution in [1.82, 2.24) is 0 Å². The molecule has 0 spiro atoms. The second kappa shape index (κ2) is 10.8. The fourth-order valence-electron chi connectivity index (χ4n) is 8.39. The first-order valence-corrected chi connectivity index (χ1v) is 14.4. The highest BCUT2D eigenvalue weighted by Crippen LogP contribution is 2.68. The Hall–Kier alpha value is -3.03. The number of hydrogen-bond acceptors (Lipinski definition) is 13. The molecule has 4 aliphatic rings. The van der Waals surface area contributed by atoms with Gasteiger partial charge < -0.3 is 38.6 Å². The van der Waals surface area contributed by atoms with Gasteiger partial charge in [-0.3, -0.25) is 24.0 Å². The lowest BCUT2D eigenvalue weighted by molar-refractivity contribution is -0.353. The first-order valence-electron chi connectivity index (χ1n) is 14.4. The minimum atomic E-state index is -1.79. The van der Waals surface area contributed by atoms with Crippen molar-refractivity contribution >= 4 is 29.8 Å². The van der Waals surface area contributed by atoms with Gasteiger partial charge in [0.05, 0.1) is 35.1 Å². The zero-order valence-electron chi connectivity index (χ0n) is 26.0. The Balaban J connectivity index is 2.23. The second-order valence-corrected chi connectivity index (χ2v) is 13.0. The van der Waals surface area contributed by atoms with Crippen molar-refractivity contribution in [3.63, 3.8) is 0 Å². The van der Waals surface area contributed by atoms with Crippen molar-refractivity contribution in [1.29, 1.82) is 0 Å². The van der Waals surface area contributed by atoms with Crippen molar-refractivity contribution in [3.05, 3.63) is 11.1 Å². The molecule has 10 atom stereocenters. The van der Waals surface area contributed by atoms with Gasteiger partial charge in [-0.05, 0) is 38.3 Å². The SMILES string of the molecule is CC(=O)OC1[C@H](OC(C)=O)C2=C(C)C(O)C[C@@]2(C(C)(C)O)C(OC(C)=O)C2[C@@]1(C)[C@@H](OC(C)=O)C[C@H]1OC[C@@]21OC(C)=O. The molecule has 4 unspecified atom stereocenters. The fourth-order valence-corrected chi connectivity index (χ4v) is 8.39. The number of hydrogen-bond donors (Lipinski definition) is 2. The van der Waals surface area contributed by atoms with Gasteiger partial charge in [-0.1, -0.05) is 6.92 Å². The molecule has 0 aromatic rings. The highest BCUT2D eigenvalue weighted by atomic mass is 16.6. The highest BCUT2D eigenvalue weighted by Gasteiger charge is 2.80. The molecule has 0 aromatic heterocycles. The van der Waals surface area contributed by atoms with Crippen LogP contribution in [0.1, 0.15) is 75.2 Å². The van der Waals surface area contributed by atoms with Gasteiger partial charge in [-0.25, -0.2) is 0 Å². The van der Waals surface area contributed by atoms with E-state index < -0.39 is 94.4 Å². The van der Waals surface area contributed by atoms with Crippen LogP contribution in [0.5, 0.6) is 0 Å². The lowest BCUT2D eigenvalue weighted by Crippen LogP contribution is -2.79. The predicted molar refractivity (Wildman–Crippen MR) is 145 cm³/mol. The van der Waals surface area contributed by atoms with E-state index in [9.17, 15) is 34.2 Å².